The van der Waals surface area contributed by atoms with Gasteiger partial charge in [-0.2, -0.15) is 0 Å². The molecule has 88 valence electrons. The van der Waals surface area contributed by atoms with E-state index < -0.39 is 18.6 Å². The molecule has 0 unspecified atom stereocenters. The Morgan fingerprint density at radius 2 is 1.87 bits per heavy atom. The van der Waals surface area contributed by atoms with Crippen LogP contribution in [0.4, 0.5) is 4.79 Å². The van der Waals surface area contributed by atoms with Gasteiger partial charge in [0, 0.05) is 5.54 Å². The van der Waals surface area contributed by atoms with Crippen LogP contribution in [0.25, 0.3) is 0 Å². The highest BCUT2D eigenvalue weighted by molar-refractivity contribution is 5.74. The van der Waals surface area contributed by atoms with Crippen LogP contribution >= 0.6 is 0 Å². The van der Waals surface area contributed by atoms with Crippen molar-refractivity contribution >= 4 is 12.0 Å². The SMILES string of the molecule is CCC(C)(CC)NC(=O)NOCC(=O)O. The summed E-state index contributed by atoms with van der Waals surface area (Å²) in [6.07, 6.45) is 1.58. The Labute approximate surface area is 88.9 Å². The number of aliphatic carboxylic acids is 1. The second-order valence-electron chi connectivity index (χ2n) is 3.51. The van der Waals surface area contributed by atoms with Crippen molar-refractivity contribution in [3.05, 3.63) is 0 Å². The normalized spacial score (nSPS) is 10.9. The minimum Gasteiger partial charge on any atom is -0.479 e. The van der Waals surface area contributed by atoms with E-state index in [0.29, 0.717) is 0 Å². The van der Waals surface area contributed by atoms with Gasteiger partial charge in [-0.3, -0.25) is 4.84 Å². The molecule has 0 saturated heterocycles. The third kappa shape index (κ3) is 5.90. The number of nitrogens with one attached hydrogen (secondary N) is 2. The lowest BCUT2D eigenvalue weighted by Crippen LogP contribution is -2.49. The van der Waals surface area contributed by atoms with Gasteiger partial charge in [-0.25, -0.2) is 15.1 Å². The van der Waals surface area contributed by atoms with E-state index in [-0.39, 0.29) is 5.54 Å². The summed E-state index contributed by atoms with van der Waals surface area (Å²) in [5.74, 6) is -1.14. The predicted octanol–water partition coefficient (Wildman–Crippen LogP) is 0.880. The molecule has 0 aromatic heterocycles. The lowest BCUT2D eigenvalue weighted by Gasteiger charge is -2.27. The molecule has 0 rings (SSSR count). The molecule has 0 atom stereocenters. The fourth-order valence-electron chi connectivity index (χ4n) is 0.890. The molecule has 0 aliphatic rings. The van der Waals surface area contributed by atoms with Crippen LogP contribution in [0.5, 0.6) is 0 Å². The first kappa shape index (κ1) is 13.7. The topological polar surface area (TPSA) is 87.7 Å². The van der Waals surface area contributed by atoms with E-state index in [4.69, 9.17) is 5.11 Å². The molecular weight excluding hydrogens is 200 g/mol. The van der Waals surface area contributed by atoms with Crippen LogP contribution in [0, 0.1) is 0 Å². The monoisotopic (exact) mass is 218 g/mol. The van der Waals surface area contributed by atoms with Gasteiger partial charge in [-0.15, -0.1) is 0 Å². The average molecular weight is 218 g/mol. The molecule has 0 aromatic rings. The minimum atomic E-state index is -1.14. The van der Waals surface area contributed by atoms with Gasteiger partial charge in [0.15, 0.2) is 6.61 Å². The van der Waals surface area contributed by atoms with Gasteiger partial charge in [0.1, 0.15) is 0 Å². The molecule has 0 radical (unpaired) electrons. The first-order valence-corrected chi connectivity index (χ1v) is 4.85. The number of carboxylic acids is 1. The Balaban J connectivity index is 3.87. The number of hydrogen-bond donors (Lipinski definition) is 3. The highest BCUT2D eigenvalue weighted by atomic mass is 16.7. The molecule has 0 saturated carbocycles. The number of carboxylic acid groups (broad SMARTS) is 1. The smallest absolute Gasteiger partial charge is 0.339 e. The number of amides is 2. The maximum Gasteiger partial charge on any atom is 0.339 e. The summed E-state index contributed by atoms with van der Waals surface area (Å²) < 4.78 is 0. The average Bonchev–Trinajstić information content (AvgIpc) is 2.17. The maximum atomic E-state index is 11.2. The third-order valence-electron chi connectivity index (χ3n) is 2.34. The van der Waals surface area contributed by atoms with Crippen molar-refractivity contribution in [3.8, 4) is 0 Å². The zero-order chi connectivity index (χ0) is 11.9. The van der Waals surface area contributed by atoms with Crippen molar-refractivity contribution in [1.82, 2.24) is 10.8 Å². The first-order chi connectivity index (χ1) is 6.93. The van der Waals surface area contributed by atoms with Crippen molar-refractivity contribution in [1.29, 1.82) is 0 Å². The number of carbonyl (C=O) groups excluding carboxylic acids is 1. The fraction of sp³-hybridized carbons (Fsp3) is 0.778. The van der Waals surface area contributed by atoms with Crippen molar-refractivity contribution in [3.63, 3.8) is 0 Å². The van der Waals surface area contributed by atoms with E-state index in [1.165, 1.54) is 0 Å². The van der Waals surface area contributed by atoms with Crippen LogP contribution in [0.2, 0.25) is 0 Å². The number of rotatable bonds is 6. The molecule has 6 nitrogen and oxygen atoms in total. The first-order valence-electron chi connectivity index (χ1n) is 4.85. The second kappa shape index (κ2) is 6.23. The largest absolute Gasteiger partial charge is 0.479 e. The van der Waals surface area contributed by atoms with Crippen molar-refractivity contribution < 1.29 is 19.5 Å². The molecule has 0 fully saturated rings. The molecular formula is C9H18N2O4. The van der Waals surface area contributed by atoms with Crippen molar-refractivity contribution in [2.24, 2.45) is 0 Å². The molecule has 15 heavy (non-hydrogen) atoms. The second-order valence-corrected chi connectivity index (χ2v) is 3.51. The zero-order valence-corrected chi connectivity index (χ0v) is 9.29. The summed E-state index contributed by atoms with van der Waals surface area (Å²) in [5.41, 5.74) is 1.71. The summed E-state index contributed by atoms with van der Waals surface area (Å²) in [5, 5.41) is 11.0. The number of urea groups is 1. The lowest BCUT2D eigenvalue weighted by molar-refractivity contribution is -0.144. The van der Waals surface area contributed by atoms with Crippen LogP contribution in [0.15, 0.2) is 0 Å². The van der Waals surface area contributed by atoms with Crippen LogP contribution in [-0.2, 0) is 9.63 Å². The highest BCUT2D eigenvalue weighted by Gasteiger charge is 2.21. The lowest BCUT2D eigenvalue weighted by atomic mass is 9.96. The van der Waals surface area contributed by atoms with Gasteiger partial charge in [-0.1, -0.05) is 13.8 Å². The van der Waals surface area contributed by atoms with E-state index in [1.807, 2.05) is 26.3 Å². The van der Waals surface area contributed by atoms with Gasteiger partial charge in [0.25, 0.3) is 0 Å². The molecule has 0 heterocycles. The molecule has 0 spiro atoms. The van der Waals surface area contributed by atoms with Crippen molar-refractivity contribution in [2.75, 3.05) is 6.61 Å². The van der Waals surface area contributed by atoms with Gasteiger partial charge in [0.05, 0.1) is 0 Å². The molecule has 3 N–H and O–H groups in total. The van der Waals surface area contributed by atoms with E-state index >= 15 is 0 Å². The summed E-state index contributed by atoms with van der Waals surface area (Å²) in [6.45, 7) is 5.27. The fourth-order valence-corrected chi connectivity index (χ4v) is 0.890. The van der Waals surface area contributed by atoms with E-state index in [9.17, 15) is 9.59 Å². The third-order valence-corrected chi connectivity index (χ3v) is 2.34. The molecule has 2 amide bonds. The van der Waals surface area contributed by atoms with Crippen molar-refractivity contribution in [2.45, 2.75) is 39.2 Å². The Bertz CT molecular complexity index is 226. The quantitative estimate of drug-likeness (QED) is 0.577. The van der Waals surface area contributed by atoms with Gasteiger partial charge >= 0.3 is 12.0 Å². The summed E-state index contributed by atoms with van der Waals surface area (Å²) in [7, 11) is 0. The predicted molar refractivity (Wildman–Crippen MR) is 54.2 cm³/mol. The Kier molecular flexibility index (Phi) is 5.69. The number of hydrogen-bond acceptors (Lipinski definition) is 3. The highest BCUT2D eigenvalue weighted by Crippen LogP contribution is 2.12. The van der Waals surface area contributed by atoms with Crippen LogP contribution in [0.3, 0.4) is 0 Å². The molecule has 6 heteroatoms. The standard InChI is InChI=1S/C9H18N2O4/c1-4-9(3,5-2)10-8(14)11-15-6-7(12)13/h4-6H2,1-3H3,(H,12,13)(H2,10,11,14). The number of hydroxylamine groups is 1. The summed E-state index contributed by atoms with van der Waals surface area (Å²) in [4.78, 5) is 25.7. The maximum absolute atomic E-state index is 11.2. The van der Waals surface area contributed by atoms with Gasteiger partial charge in [-0.05, 0) is 19.8 Å². The van der Waals surface area contributed by atoms with Crippen LogP contribution in [-0.4, -0.2) is 29.3 Å². The Morgan fingerprint density at radius 1 is 1.33 bits per heavy atom. The van der Waals surface area contributed by atoms with E-state index in [2.05, 4.69) is 10.2 Å². The van der Waals surface area contributed by atoms with Gasteiger partial charge < -0.3 is 10.4 Å². The van der Waals surface area contributed by atoms with Crippen LogP contribution in [0.1, 0.15) is 33.6 Å². The van der Waals surface area contributed by atoms with Crippen LogP contribution < -0.4 is 10.8 Å². The van der Waals surface area contributed by atoms with Gasteiger partial charge in [0.2, 0.25) is 0 Å². The minimum absolute atomic E-state index is 0.295. The molecule has 0 aromatic carbocycles. The summed E-state index contributed by atoms with van der Waals surface area (Å²) in [6, 6.07) is -0.526. The molecule has 0 aliphatic heterocycles. The zero-order valence-electron chi connectivity index (χ0n) is 9.29. The summed E-state index contributed by atoms with van der Waals surface area (Å²) >= 11 is 0. The number of carbonyl (C=O) groups is 2. The molecule has 0 bridgehead atoms. The molecule has 0 aliphatic carbocycles. The Hall–Kier alpha value is -1.30. The van der Waals surface area contributed by atoms with E-state index in [1.54, 1.807) is 0 Å². The van der Waals surface area contributed by atoms with E-state index in [0.717, 1.165) is 12.8 Å². The Morgan fingerprint density at radius 3 is 2.27 bits per heavy atom.